The van der Waals surface area contributed by atoms with E-state index < -0.39 is 94.2 Å². The summed E-state index contributed by atoms with van der Waals surface area (Å²) in [5.41, 5.74) is -0.476. The molecule has 25 nitrogen and oxygen atoms in total. The number of aliphatic carboxylic acids is 3. The molecule has 0 bridgehead atoms. The van der Waals surface area contributed by atoms with Crippen LogP contribution in [0.3, 0.4) is 0 Å². The number of hydrogen-bond acceptors (Lipinski definition) is 22. The minimum absolute atomic E-state index is 0.0159. The molecule has 2 aliphatic heterocycles. The smallest absolute Gasteiger partial charge is 0.341 e. The van der Waals surface area contributed by atoms with Crippen LogP contribution >= 0.6 is 22.7 Å². The molecule has 0 radical (unpaired) electrons. The number of carbonyl (C=O) groups excluding carboxylic acids is 7. The monoisotopic (exact) mass is 1630 g/mol. The zero-order valence-electron chi connectivity index (χ0n) is 68.1. The second-order valence-electron chi connectivity index (χ2n) is 36.7. The molecule has 2 aromatic carbocycles. The van der Waals surface area contributed by atoms with E-state index in [1.807, 2.05) is 58.4 Å². The first-order valence-electron chi connectivity index (χ1n) is 40.7. The van der Waals surface area contributed by atoms with E-state index in [1.54, 1.807) is 66.0 Å². The van der Waals surface area contributed by atoms with Gasteiger partial charge in [0.2, 0.25) is 11.8 Å². The number of carbonyl (C=O) groups is 10. The van der Waals surface area contributed by atoms with Gasteiger partial charge in [-0.2, -0.15) is 0 Å². The van der Waals surface area contributed by atoms with Gasteiger partial charge < -0.3 is 53.5 Å². The van der Waals surface area contributed by atoms with Crippen LogP contribution in [0.25, 0.3) is 44.6 Å². The number of allylic oxidation sites excluding steroid dienone is 2. The standard InChI is InChI=1S/C45H55N3O9S.C44H53N3O10S/c1-8-28-19-45(28,43(53)54)20-38(50)37-16-31(21-48(37)42(52)33(44(5,6)7)17-41(51)57-30-13-26-12-27(26)14-30)56-39-18-35(36-23-58-40(47-36)11-24(2)3)46-34-15-29(9-10-32(34)39)55-22-25(4)49;1-7-26-18-44(26,42(53)54)19-36(48)35-15-29(20-47(35)41(52)31(43(4,5)6)16-40(51)57-28-12-24-11-25(24)13-28)56-37-17-33(34-22-58-38(46-34)10-23(2)3)45-32-14-27(8-9-30(32)37)55-21-39(49)50/h8-10,15,18,23-24,26-28,30-31,33,37H,1,11-14,16-17,19-22H2,2-7H3,(H,53,54);7-9,14,17,22-26,28-29,31,35H,1,10-13,15-16,18-21H2,2-6H3,(H,49,50)(H,53,54)/t26-,27+,28?,30?,31-,33-,37+,45-;24-,25+,26?,28?,29-,31-,35+,44-/m11/s1. The number of Topliss-reactive ketones (excluding diaryl/α,β-unsaturated/α-hetero) is 3. The zero-order chi connectivity index (χ0) is 83.4. The Bertz CT molecular complexity index is 4520. The quantitative estimate of drug-likeness (QED) is 0.0249. The Kier molecular flexibility index (Phi) is 24.6. The molecule has 6 heterocycles. The summed E-state index contributed by atoms with van der Waals surface area (Å²) in [6.07, 6.45) is 8.97. The Morgan fingerprint density at radius 2 is 0.914 bits per heavy atom. The van der Waals surface area contributed by atoms with Crippen molar-refractivity contribution in [3.8, 4) is 45.8 Å². The van der Waals surface area contributed by atoms with E-state index in [9.17, 15) is 63.3 Å². The number of carboxylic acids is 3. The van der Waals surface area contributed by atoms with Crippen molar-refractivity contribution in [1.82, 2.24) is 29.7 Å². The van der Waals surface area contributed by atoms with Gasteiger partial charge in [-0.25, -0.2) is 24.7 Å². The molecular weight excluding hydrogens is 1520 g/mol. The number of fused-ring (bicyclic) bond motifs is 4. The minimum atomic E-state index is -1.28. The summed E-state index contributed by atoms with van der Waals surface area (Å²) in [4.78, 5) is 155. The number of nitrogens with zero attached hydrogens (tertiary/aromatic N) is 6. The number of pyridine rings is 2. The zero-order valence-corrected chi connectivity index (χ0v) is 69.7. The molecule has 0 spiro atoms. The molecule has 6 saturated carbocycles. The maximum atomic E-state index is 14.8. The molecule has 3 N–H and O–H groups in total. The summed E-state index contributed by atoms with van der Waals surface area (Å²) < 4.78 is 36.4. The van der Waals surface area contributed by atoms with E-state index in [0.717, 1.165) is 48.5 Å². The largest absolute Gasteiger partial charge is 0.488 e. The van der Waals surface area contributed by atoms with Crippen LogP contribution in [0.5, 0.6) is 23.0 Å². The number of thiazole rings is 2. The summed E-state index contributed by atoms with van der Waals surface area (Å²) >= 11 is 3.08. The van der Waals surface area contributed by atoms with Crippen LogP contribution in [0.2, 0.25) is 0 Å². The number of ether oxygens (including phenoxy) is 6. The summed E-state index contributed by atoms with van der Waals surface area (Å²) in [5, 5.41) is 36.6. The van der Waals surface area contributed by atoms with Crippen LogP contribution in [-0.4, -0.2) is 167 Å². The third-order valence-corrected chi connectivity index (χ3v) is 26.3. The van der Waals surface area contributed by atoms with Crippen molar-refractivity contribution in [2.24, 2.45) is 80.8 Å². The third-order valence-electron chi connectivity index (χ3n) is 24.6. The highest BCUT2D eigenvalue weighted by molar-refractivity contribution is 7.10. The van der Waals surface area contributed by atoms with Gasteiger partial charge in [0.1, 0.15) is 54.0 Å². The topological polar surface area (TPSA) is 345 Å². The first kappa shape index (κ1) is 84.4. The highest BCUT2D eigenvalue weighted by atomic mass is 32.1. The van der Waals surface area contributed by atoms with Crippen LogP contribution in [0.4, 0.5) is 0 Å². The molecule has 8 aliphatic rings. The van der Waals surface area contributed by atoms with E-state index in [4.69, 9.17) is 48.4 Å². The summed E-state index contributed by atoms with van der Waals surface area (Å²) in [5.74, 6) is -3.10. The Balaban J connectivity index is 0.000000202. The highest BCUT2D eigenvalue weighted by Crippen LogP contribution is 2.59. The highest BCUT2D eigenvalue weighted by Gasteiger charge is 2.63. The van der Waals surface area contributed by atoms with Gasteiger partial charge in [0.05, 0.1) is 105 Å². The number of amides is 2. The molecule has 6 aliphatic carbocycles. The maximum Gasteiger partial charge on any atom is 0.341 e. The lowest BCUT2D eigenvalue weighted by Crippen LogP contribution is -2.48. The van der Waals surface area contributed by atoms with Crippen molar-refractivity contribution in [2.75, 3.05) is 26.3 Å². The summed E-state index contributed by atoms with van der Waals surface area (Å²) in [6, 6.07) is 11.9. The number of aromatic nitrogens is 4. The van der Waals surface area contributed by atoms with Gasteiger partial charge in [-0.3, -0.25) is 43.2 Å². The van der Waals surface area contributed by atoms with Crippen molar-refractivity contribution < 1.29 is 91.7 Å². The van der Waals surface area contributed by atoms with Crippen LogP contribution in [0.15, 0.2) is 84.6 Å². The van der Waals surface area contributed by atoms with Gasteiger partial charge in [-0.15, -0.1) is 35.8 Å². The third kappa shape index (κ3) is 19.4. The van der Waals surface area contributed by atoms with Crippen molar-refractivity contribution in [3.63, 3.8) is 0 Å². The number of ketones is 3. The lowest BCUT2D eigenvalue weighted by atomic mass is 9.77. The van der Waals surface area contributed by atoms with Crippen molar-refractivity contribution in [2.45, 2.75) is 215 Å². The van der Waals surface area contributed by atoms with Crippen LogP contribution < -0.4 is 18.9 Å². The molecular formula is C89H108N6O19S2. The summed E-state index contributed by atoms with van der Waals surface area (Å²) in [7, 11) is 0. The van der Waals surface area contributed by atoms with Gasteiger partial charge >= 0.3 is 29.8 Å². The Labute approximate surface area is 684 Å². The molecule has 16 atom stereocenters. The molecule has 620 valence electrons. The Hall–Kier alpha value is -9.50. The SMILES string of the molecule is C=CC1C[C@]1(CC(=O)[C@@H]1C[C@@H](Oc2cc(-c3csc(CC(C)C)n3)nc3cc(OCC(=O)O)ccc23)CN1C(=O)[C@@H](CC(=O)OC1C[C@@H]2C[C@@H]2C1)C(C)(C)C)C(=O)O.C=CC1C[C@]1(CC(=O)[C@@H]1C[C@@H](Oc2cc(-c3csc(CC(C)C)n3)nc3cc(OCC(C)=O)ccc23)CN1C(=O)[C@@H](CC(=O)OC1C[C@@H]2C[C@@H]2C1)C(C)(C)C)C(=O)O. The predicted molar refractivity (Wildman–Crippen MR) is 434 cm³/mol. The molecule has 4 unspecified atom stereocenters. The molecule has 116 heavy (non-hydrogen) atoms. The Morgan fingerprint density at radius 1 is 0.526 bits per heavy atom. The average Bonchev–Trinajstić information content (AvgIpc) is 1.58. The normalized spacial score (nSPS) is 26.6. The van der Waals surface area contributed by atoms with E-state index in [-0.39, 0.29) is 118 Å². The number of benzene rings is 2. The summed E-state index contributed by atoms with van der Waals surface area (Å²) in [6.45, 7) is 28.3. The first-order chi connectivity index (χ1) is 54.9. The molecule has 6 aromatic rings. The maximum absolute atomic E-state index is 14.8. The van der Waals surface area contributed by atoms with Gasteiger partial charge in [-0.05, 0) is 141 Å². The molecule has 8 fully saturated rings. The lowest BCUT2D eigenvalue weighted by molar-refractivity contribution is -0.157. The van der Waals surface area contributed by atoms with Crippen molar-refractivity contribution in [3.05, 3.63) is 94.6 Å². The van der Waals surface area contributed by atoms with Crippen LogP contribution in [-0.2, 0) is 70.3 Å². The molecule has 27 heteroatoms. The van der Waals surface area contributed by atoms with Crippen molar-refractivity contribution in [1.29, 1.82) is 0 Å². The minimum Gasteiger partial charge on any atom is -0.488 e. The Morgan fingerprint density at radius 3 is 1.25 bits per heavy atom. The molecule has 4 aromatic heterocycles. The first-order valence-corrected chi connectivity index (χ1v) is 42.5. The fraction of sp³-hybridized carbons (Fsp3) is 0.573. The number of hydrogen-bond donors (Lipinski definition) is 3. The second kappa shape index (κ2) is 33.8. The fourth-order valence-corrected chi connectivity index (χ4v) is 19.7. The van der Waals surface area contributed by atoms with Crippen molar-refractivity contribution >= 4 is 103 Å². The molecule has 2 amide bonds. The van der Waals surface area contributed by atoms with Gasteiger partial charge in [-0.1, -0.05) is 81.4 Å². The second-order valence-corrected chi connectivity index (χ2v) is 38.6. The molecule has 2 saturated heterocycles. The van der Waals surface area contributed by atoms with Gasteiger partial charge in [0.15, 0.2) is 24.0 Å². The van der Waals surface area contributed by atoms with Gasteiger partial charge in [0, 0.05) is 84.3 Å². The van der Waals surface area contributed by atoms with Crippen LogP contribution in [0.1, 0.15) is 176 Å². The predicted octanol–water partition coefficient (Wildman–Crippen LogP) is 14.5. The number of likely N-dealkylation sites (tertiary alicyclic amines) is 2. The van der Waals surface area contributed by atoms with E-state index in [0.29, 0.717) is 110 Å². The van der Waals surface area contributed by atoms with Crippen LogP contribution in [0, 0.1) is 80.8 Å². The van der Waals surface area contributed by atoms with E-state index in [2.05, 4.69) is 40.9 Å². The average molecular weight is 1630 g/mol. The van der Waals surface area contributed by atoms with Gasteiger partial charge in [0.25, 0.3) is 0 Å². The number of carboxylic acid groups (broad SMARTS) is 3. The number of rotatable bonds is 34. The lowest BCUT2D eigenvalue weighted by Gasteiger charge is -2.35. The fourth-order valence-electron chi connectivity index (χ4n) is 17.7. The van der Waals surface area contributed by atoms with E-state index >= 15 is 0 Å². The van der Waals surface area contributed by atoms with E-state index in [1.165, 1.54) is 40.9 Å². The molecule has 14 rings (SSSR count). The number of esters is 2.